The van der Waals surface area contributed by atoms with Crippen LogP contribution < -0.4 is 16.0 Å². The zero-order chi connectivity index (χ0) is 28.3. The van der Waals surface area contributed by atoms with Crippen LogP contribution in [-0.2, 0) is 25.3 Å². The Hall–Kier alpha value is -4.03. The molecule has 1 fully saturated rings. The van der Waals surface area contributed by atoms with Crippen LogP contribution >= 0.6 is 23.4 Å². The molecule has 3 N–H and O–H groups in total. The standard InChI is InChI=1S/C26H19ClF3N3O5S/c27-15-6-9-20(19(10-15)26(28,29)30)32-22(34)13-38-25(37)14-4-7-17(8-5-14)33-23(35)12-21(24(33)36)39-18-3-1-2-16(31)11-18/h1-11,21H,12-13,31H2,(H,32,34). The van der Waals surface area contributed by atoms with Gasteiger partial charge in [0.2, 0.25) is 11.8 Å². The highest BCUT2D eigenvalue weighted by Crippen LogP contribution is 2.37. The molecule has 0 aromatic heterocycles. The third kappa shape index (κ3) is 6.70. The highest BCUT2D eigenvalue weighted by molar-refractivity contribution is 8.00. The zero-order valence-electron chi connectivity index (χ0n) is 19.8. The number of anilines is 3. The Morgan fingerprint density at radius 1 is 1.08 bits per heavy atom. The molecule has 13 heteroatoms. The van der Waals surface area contributed by atoms with Gasteiger partial charge in [-0.3, -0.25) is 14.4 Å². The van der Waals surface area contributed by atoms with E-state index in [1.165, 1.54) is 42.1 Å². The van der Waals surface area contributed by atoms with Crippen LogP contribution in [0.15, 0.2) is 71.6 Å². The number of ether oxygens (including phenoxy) is 1. The number of halogens is 4. The molecule has 0 saturated carbocycles. The Morgan fingerprint density at radius 2 is 1.79 bits per heavy atom. The number of carbonyl (C=O) groups is 4. The van der Waals surface area contributed by atoms with E-state index in [4.69, 9.17) is 22.1 Å². The Labute approximate surface area is 229 Å². The van der Waals surface area contributed by atoms with E-state index < -0.39 is 53.0 Å². The lowest BCUT2D eigenvalue weighted by Crippen LogP contribution is -2.31. The summed E-state index contributed by atoms with van der Waals surface area (Å²) in [6.45, 7) is -0.855. The molecule has 3 amide bonds. The summed E-state index contributed by atoms with van der Waals surface area (Å²) in [6, 6.07) is 15.1. The van der Waals surface area contributed by atoms with Crippen LogP contribution in [0.4, 0.5) is 30.2 Å². The molecule has 1 heterocycles. The normalized spacial score (nSPS) is 15.4. The van der Waals surface area contributed by atoms with E-state index in [1.54, 1.807) is 24.3 Å². The highest BCUT2D eigenvalue weighted by Gasteiger charge is 2.40. The first-order valence-corrected chi connectivity index (χ1v) is 12.5. The van der Waals surface area contributed by atoms with Gasteiger partial charge in [0.05, 0.1) is 27.8 Å². The number of imide groups is 1. The van der Waals surface area contributed by atoms with Crippen molar-refractivity contribution in [2.75, 3.05) is 22.6 Å². The van der Waals surface area contributed by atoms with Gasteiger partial charge in [-0.05, 0) is 60.7 Å². The topological polar surface area (TPSA) is 119 Å². The van der Waals surface area contributed by atoms with Crippen molar-refractivity contribution in [3.05, 3.63) is 82.9 Å². The van der Waals surface area contributed by atoms with Gasteiger partial charge in [-0.25, -0.2) is 9.69 Å². The summed E-state index contributed by atoms with van der Waals surface area (Å²) in [4.78, 5) is 51.7. The minimum atomic E-state index is -4.77. The Bertz CT molecular complexity index is 1450. The van der Waals surface area contributed by atoms with Crippen LogP contribution in [0, 0.1) is 0 Å². The Kier molecular flexibility index (Phi) is 8.17. The molecule has 39 heavy (non-hydrogen) atoms. The first-order chi connectivity index (χ1) is 18.4. The first kappa shape index (κ1) is 28.0. The molecule has 0 aliphatic carbocycles. The highest BCUT2D eigenvalue weighted by atomic mass is 35.5. The molecule has 3 aromatic carbocycles. The molecule has 202 valence electrons. The van der Waals surface area contributed by atoms with E-state index in [1.807, 2.05) is 5.32 Å². The van der Waals surface area contributed by atoms with Crippen molar-refractivity contribution >= 4 is 64.1 Å². The predicted molar refractivity (Wildman–Crippen MR) is 139 cm³/mol. The lowest BCUT2D eigenvalue weighted by Gasteiger charge is -2.16. The number of hydrogen-bond donors (Lipinski definition) is 2. The number of hydrogen-bond acceptors (Lipinski definition) is 7. The van der Waals surface area contributed by atoms with Gasteiger partial charge < -0.3 is 15.8 Å². The van der Waals surface area contributed by atoms with Gasteiger partial charge in [0.1, 0.15) is 0 Å². The van der Waals surface area contributed by atoms with Crippen molar-refractivity contribution in [1.82, 2.24) is 0 Å². The molecule has 1 atom stereocenters. The van der Waals surface area contributed by atoms with E-state index in [-0.39, 0.29) is 22.7 Å². The number of esters is 1. The number of nitrogens with two attached hydrogens (primary N) is 1. The van der Waals surface area contributed by atoms with Crippen LogP contribution in [0.1, 0.15) is 22.3 Å². The summed E-state index contributed by atoms with van der Waals surface area (Å²) in [5, 5.41) is 1.24. The second-order valence-electron chi connectivity index (χ2n) is 8.31. The fraction of sp³-hybridized carbons (Fsp3) is 0.154. The summed E-state index contributed by atoms with van der Waals surface area (Å²) in [5.74, 6) is -2.75. The lowest BCUT2D eigenvalue weighted by atomic mass is 10.1. The minimum absolute atomic E-state index is 0.00111. The van der Waals surface area contributed by atoms with Crippen LogP contribution in [0.5, 0.6) is 0 Å². The maximum absolute atomic E-state index is 13.2. The average molecular weight is 578 g/mol. The van der Waals surface area contributed by atoms with Gasteiger partial charge in [0.15, 0.2) is 6.61 Å². The fourth-order valence-electron chi connectivity index (χ4n) is 3.73. The van der Waals surface area contributed by atoms with E-state index in [9.17, 15) is 32.3 Å². The van der Waals surface area contributed by atoms with Gasteiger partial charge in [-0.15, -0.1) is 11.8 Å². The molecular formula is C26H19ClF3N3O5S. The quantitative estimate of drug-likeness (QED) is 0.226. The van der Waals surface area contributed by atoms with Crippen LogP contribution in [-0.4, -0.2) is 35.5 Å². The number of nitrogen functional groups attached to an aromatic ring is 1. The van der Waals surface area contributed by atoms with Crippen LogP contribution in [0.3, 0.4) is 0 Å². The number of nitrogens with one attached hydrogen (secondary N) is 1. The van der Waals surface area contributed by atoms with E-state index in [0.717, 1.165) is 15.9 Å². The van der Waals surface area contributed by atoms with Crippen molar-refractivity contribution in [2.24, 2.45) is 0 Å². The summed E-state index contributed by atoms with van der Waals surface area (Å²) in [7, 11) is 0. The molecule has 0 radical (unpaired) electrons. The second-order valence-corrected chi connectivity index (χ2v) is 10.0. The SMILES string of the molecule is Nc1cccc(SC2CC(=O)N(c3ccc(C(=O)OCC(=O)Nc4ccc(Cl)cc4C(F)(F)F)cc3)C2=O)c1. The van der Waals surface area contributed by atoms with Gasteiger partial charge in [-0.2, -0.15) is 13.2 Å². The number of benzene rings is 3. The van der Waals surface area contributed by atoms with E-state index >= 15 is 0 Å². The zero-order valence-corrected chi connectivity index (χ0v) is 21.4. The van der Waals surface area contributed by atoms with Crippen molar-refractivity contribution in [1.29, 1.82) is 0 Å². The maximum atomic E-state index is 13.2. The molecule has 0 bridgehead atoms. The number of rotatable bonds is 7. The van der Waals surface area contributed by atoms with E-state index in [2.05, 4.69) is 0 Å². The Morgan fingerprint density at radius 3 is 2.46 bits per heavy atom. The van der Waals surface area contributed by atoms with E-state index in [0.29, 0.717) is 11.8 Å². The summed E-state index contributed by atoms with van der Waals surface area (Å²) >= 11 is 6.84. The largest absolute Gasteiger partial charge is 0.452 e. The third-order valence-electron chi connectivity index (χ3n) is 5.50. The molecule has 8 nitrogen and oxygen atoms in total. The van der Waals surface area contributed by atoms with Crippen molar-refractivity contribution < 1.29 is 37.1 Å². The van der Waals surface area contributed by atoms with Crippen LogP contribution in [0.25, 0.3) is 0 Å². The smallest absolute Gasteiger partial charge is 0.418 e. The Balaban J connectivity index is 1.35. The lowest BCUT2D eigenvalue weighted by molar-refractivity contribution is -0.137. The number of carbonyl (C=O) groups excluding carboxylic acids is 4. The van der Waals surface area contributed by atoms with Crippen molar-refractivity contribution in [3.8, 4) is 0 Å². The summed E-state index contributed by atoms with van der Waals surface area (Å²) in [5.41, 5.74) is 4.86. The van der Waals surface area contributed by atoms with Gasteiger partial charge in [0.25, 0.3) is 5.91 Å². The van der Waals surface area contributed by atoms with Crippen molar-refractivity contribution in [3.63, 3.8) is 0 Å². The summed E-state index contributed by atoms with van der Waals surface area (Å²) in [6.07, 6.45) is -4.78. The molecular weight excluding hydrogens is 559 g/mol. The average Bonchev–Trinajstić information content (AvgIpc) is 3.15. The number of thioether (sulfide) groups is 1. The van der Waals surface area contributed by atoms with Gasteiger partial charge in [0, 0.05) is 22.0 Å². The monoisotopic (exact) mass is 577 g/mol. The molecule has 0 spiro atoms. The molecule has 1 saturated heterocycles. The number of amides is 3. The van der Waals surface area contributed by atoms with Gasteiger partial charge in [-0.1, -0.05) is 17.7 Å². The molecule has 3 aromatic rings. The second kappa shape index (κ2) is 11.4. The van der Waals surface area contributed by atoms with Gasteiger partial charge >= 0.3 is 12.1 Å². The summed E-state index contributed by atoms with van der Waals surface area (Å²) < 4.78 is 44.5. The molecule has 1 unspecified atom stereocenters. The molecule has 4 rings (SSSR count). The first-order valence-electron chi connectivity index (χ1n) is 11.2. The predicted octanol–water partition coefficient (Wildman–Crippen LogP) is 5.16. The van der Waals surface area contributed by atoms with Crippen molar-refractivity contribution in [2.45, 2.75) is 22.7 Å². The molecule has 1 aliphatic heterocycles. The van der Waals surface area contributed by atoms with Crippen LogP contribution in [0.2, 0.25) is 5.02 Å². The molecule has 1 aliphatic rings. The maximum Gasteiger partial charge on any atom is 0.418 e. The fourth-order valence-corrected chi connectivity index (χ4v) is 5.02. The number of nitrogens with zero attached hydrogens (tertiary/aromatic N) is 1. The minimum Gasteiger partial charge on any atom is -0.452 e. The third-order valence-corrected chi connectivity index (χ3v) is 6.91. The number of alkyl halides is 3.